The van der Waals surface area contributed by atoms with Crippen LogP contribution in [0, 0.1) is 6.92 Å². The summed E-state index contributed by atoms with van der Waals surface area (Å²) < 4.78 is 0. The number of ketones is 1. The van der Waals surface area contributed by atoms with Gasteiger partial charge in [-0.2, -0.15) is 0 Å². The number of anilines is 2. The first-order valence-electron chi connectivity index (χ1n) is 8.56. The summed E-state index contributed by atoms with van der Waals surface area (Å²) in [5.41, 5.74) is 3.76. The van der Waals surface area contributed by atoms with E-state index in [4.69, 9.17) is 0 Å². The molecule has 0 fully saturated rings. The molecule has 0 radical (unpaired) electrons. The molecule has 6 nitrogen and oxygen atoms in total. The summed E-state index contributed by atoms with van der Waals surface area (Å²) in [6, 6.07) is 16.6. The van der Waals surface area contributed by atoms with Crippen LogP contribution in [0.15, 0.2) is 60.9 Å². The van der Waals surface area contributed by atoms with Crippen LogP contribution >= 0.6 is 0 Å². The predicted molar refractivity (Wildman–Crippen MR) is 104 cm³/mol. The molecular weight excluding hydrogens is 340 g/mol. The number of hydrogen-bond acceptors (Lipinski definition) is 5. The van der Waals surface area contributed by atoms with Gasteiger partial charge in [-0.3, -0.25) is 9.59 Å². The van der Waals surface area contributed by atoms with Gasteiger partial charge in [0.15, 0.2) is 5.78 Å². The second kappa shape index (κ2) is 8.23. The molecule has 6 heteroatoms. The molecule has 3 aromatic rings. The third kappa shape index (κ3) is 4.76. The Morgan fingerprint density at radius 2 is 1.81 bits per heavy atom. The van der Waals surface area contributed by atoms with Gasteiger partial charge in [-0.1, -0.05) is 36.4 Å². The van der Waals surface area contributed by atoms with Crippen molar-refractivity contribution < 1.29 is 9.59 Å². The molecule has 0 aliphatic heterocycles. The molecule has 0 spiro atoms. The number of nitrogens with zero attached hydrogens (tertiary/aromatic N) is 2. The molecule has 27 heavy (non-hydrogen) atoms. The Morgan fingerprint density at radius 3 is 2.59 bits per heavy atom. The molecule has 1 aromatic heterocycles. The lowest BCUT2D eigenvalue weighted by molar-refractivity contribution is 0.0945. The van der Waals surface area contributed by atoms with E-state index in [0.29, 0.717) is 23.6 Å². The van der Waals surface area contributed by atoms with Crippen molar-refractivity contribution in [3.63, 3.8) is 0 Å². The number of aryl methyl sites for hydroxylation is 1. The Morgan fingerprint density at radius 1 is 1.00 bits per heavy atom. The molecule has 2 aromatic carbocycles. The highest BCUT2D eigenvalue weighted by atomic mass is 16.1. The first-order valence-corrected chi connectivity index (χ1v) is 8.56. The Kier molecular flexibility index (Phi) is 5.56. The fourth-order valence-electron chi connectivity index (χ4n) is 2.59. The zero-order chi connectivity index (χ0) is 19.2. The van der Waals surface area contributed by atoms with Gasteiger partial charge in [0.25, 0.3) is 5.91 Å². The maximum Gasteiger partial charge on any atom is 0.270 e. The maximum absolute atomic E-state index is 12.4. The van der Waals surface area contributed by atoms with Gasteiger partial charge in [0.1, 0.15) is 17.8 Å². The number of rotatable bonds is 6. The quantitative estimate of drug-likeness (QED) is 0.656. The molecule has 136 valence electrons. The lowest BCUT2D eigenvalue weighted by Gasteiger charge is -2.09. The third-order valence-electron chi connectivity index (χ3n) is 4.14. The number of carbonyl (C=O) groups is 2. The molecule has 0 atom stereocenters. The van der Waals surface area contributed by atoms with Crippen molar-refractivity contribution in [3.05, 3.63) is 83.3 Å². The number of carbonyl (C=O) groups excluding carboxylic acids is 2. The largest absolute Gasteiger partial charge is 0.347 e. The normalized spacial score (nSPS) is 10.3. The standard InChI is InChI=1S/C21H20N4O2/c1-14-6-3-4-7-17(14)12-22-21(27)19-11-20(24-13-23-19)25-18-9-5-8-16(10-18)15(2)26/h3-11,13H,12H2,1-2H3,(H,22,27)(H,23,24,25). The SMILES string of the molecule is CC(=O)c1cccc(Nc2cc(C(=O)NCc3ccccc3C)ncn2)c1. The summed E-state index contributed by atoms with van der Waals surface area (Å²) in [6.45, 7) is 3.95. The Bertz CT molecular complexity index is 985. The van der Waals surface area contributed by atoms with Gasteiger partial charge >= 0.3 is 0 Å². The van der Waals surface area contributed by atoms with Gasteiger partial charge in [-0.25, -0.2) is 9.97 Å². The van der Waals surface area contributed by atoms with Gasteiger partial charge in [-0.05, 0) is 37.1 Å². The monoisotopic (exact) mass is 360 g/mol. The average Bonchev–Trinajstić information content (AvgIpc) is 2.67. The van der Waals surface area contributed by atoms with E-state index in [1.165, 1.54) is 13.3 Å². The first-order chi connectivity index (χ1) is 13.0. The van der Waals surface area contributed by atoms with Crippen molar-refractivity contribution in [1.29, 1.82) is 0 Å². The van der Waals surface area contributed by atoms with Crippen LogP contribution in [0.3, 0.4) is 0 Å². The van der Waals surface area contributed by atoms with Crippen LogP contribution < -0.4 is 10.6 Å². The number of amides is 1. The van der Waals surface area contributed by atoms with E-state index in [0.717, 1.165) is 11.1 Å². The summed E-state index contributed by atoms with van der Waals surface area (Å²) in [5, 5.41) is 5.96. The molecule has 2 N–H and O–H groups in total. The number of nitrogens with one attached hydrogen (secondary N) is 2. The third-order valence-corrected chi connectivity index (χ3v) is 4.14. The zero-order valence-corrected chi connectivity index (χ0v) is 15.2. The van der Waals surface area contributed by atoms with Crippen LogP contribution in [0.25, 0.3) is 0 Å². The maximum atomic E-state index is 12.4. The second-order valence-corrected chi connectivity index (χ2v) is 6.16. The Balaban J connectivity index is 1.69. The van der Waals surface area contributed by atoms with Gasteiger partial charge in [0.2, 0.25) is 0 Å². The molecule has 3 rings (SSSR count). The summed E-state index contributed by atoms with van der Waals surface area (Å²) in [7, 11) is 0. The van der Waals surface area contributed by atoms with Gasteiger partial charge < -0.3 is 10.6 Å². The lowest BCUT2D eigenvalue weighted by atomic mass is 10.1. The first kappa shape index (κ1) is 18.3. The van der Waals surface area contributed by atoms with Crippen LogP contribution in [0.4, 0.5) is 11.5 Å². The van der Waals surface area contributed by atoms with Gasteiger partial charge in [0, 0.05) is 23.9 Å². The molecule has 1 amide bonds. The highest BCUT2D eigenvalue weighted by Gasteiger charge is 2.10. The van der Waals surface area contributed by atoms with E-state index in [1.807, 2.05) is 37.3 Å². The number of hydrogen-bond donors (Lipinski definition) is 2. The minimum absolute atomic E-state index is 0.0161. The van der Waals surface area contributed by atoms with Crippen LogP contribution in [-0.4, -0.2) is 21.7 Å². The predicted octanol–water partition coefficient (Wildman–Crippen LogP) is 3.66. The Labute approximate surface area is 157 Å². The summed E-state index contributed by atoms with van der Waals surface area (Å²) in [4.78, 5) is 32.1. The Hall–Kier alpha value is -3.54. The van der Waals surface area contributed by atoms with Crippen LogP contribution in [0.1, 0.15) is 38.9 Å². The van der Waals surface area contributed by atoms with Crippen LogP contribution in [-0.2, 0) is 6.54 Å². The van der Waals surface area contributed by atoms with Gasteiger partial charge in [0.05, 0.1) is 0 Å². The van der Waals surface area contributed by atoms with Crippen molar-refractivity contribution in [1.82, 2.24) is 15.3 Å². The second-order valence-electron chi connectivity index (χ2n) is 6.16. The van der Waals surface area contributed by atoms with Crippen molar-refractivity contribution >= 4 is 23.2 Å². The van der Waals surface area contributed by atoms with Gasteiger partial charge in [-0.15, -0.1) is 0 Å². The fraction of sp³-hybridized carbons (Fsp3) is 0.143. The minimum atomic E-state index is -0.277. The van der Waals surface area contributed by atoms with E-state index in [9.17, 15) is 9.59 Å². The summed E-state index contributed by atoms with van der Waals surface area (Å²) >= 11 is 0. The molecule has 0 saturated carbocycles. The smallest absolute Gasteiger partial charge is 0.270 e. The lowest BCUT2D eigenvalue weighted by Crippen LogP contribution is -2.24. The molecule has 1 heterocycles. The van der Waals surface area contributed by atoms with E-state index in [1.54, 1.807) is 24.3 Å². The van der Waals surface area contributed by atoms with Crippen LogP contribution in [0.5, 0.6) is 0 Å². The molecule has 0 aliphatic carbocycles. The zero-order valence-electron chi connectivity index (χ0n) is 15.2. The van der Waals surface area contributed by atoms with Crippen molar-refractivity contribution in [2.24, 2.45) is 0 Å². The topological polar surface area (TPSA) is 84.0 Å². The van der Waals surface area contributed by atoms with E-state index in [2.05, 4.69) is 20.6 Å². The highest BCUT2D eigenvalue weighted by molar-refractivity contribution is 5.95. The summed E-state index contributed by atoms with van der Waals surface area (Å²) in [6.07, 6.45) is 1.33. The summed E-state index contributed by atoms with van der Waals surface area (Å²) in [5.74, 6) is 0.186. The number of Topliss-reactive ketones (excluding diaryl/α,β-unsaturated/α-hetero) is 1. The van der Waals surface area contributed by atoms with E-state index >= 15 is 0 Å². The minimum Gasteiger partial charge on any atom is -0.347 e. The van der Waals surface area contributed by atoms with Crippen molar-refractivity contribution in [3.8, 4) is 0 Å². The van der Waals surface area contributed by atoms with Crippen molar-refractivity contribution in [2.75, 3.05) is 5.32 Å². The van der Waals surface area contributed by atoms with E-state index < -0.39 is 0 Å². The number of benzene rings is 2. The molecular formula is C21H20N4O2. The van der Waals surface area contributed by atoms with E-state index in [-0.39, 0.29) is 17.4 Å². The van der Waals surface area contributed by atoms with Crippen molar-refractivity contribution in [2.45, 2.75) is 20.4 Å². The molecule has 0 bridgehead atoms. The highest BCUT2D eigenvalue weighted by Crippen LogP contribution is 2.17. The average molecular weight is 360 g/mol. The molecule has 0 unspecified atom stereocenters. The molecule has 0 saturated heterocycles. The number of aromatic nitrogens is 2. The fourth-order valence-corrected chi connectivity index (χ4v) is 2.59. The molecule has 0 aliphatic rings. The van der Waals surface area contributed by atoms with Crippen LogP contribution in [0.2, 0.25) is 0 Å².